The Morgan fingerprint density at radius 2 is 1.88 bits per heavy atom. The van der Waals surface area contributed by atoms with Gasteiger partial charge < -0.3 is 10.6 Å². The van der Waals surface area contributed by atoms with Crippen LogP contribution in [0.3, 0.4) is 0 Å². The molecule has 1 aromatic carbocycles. The fourth-order valence-electron chi connectivity index (χ4n) is 1.53. The number of rotatable bonds is 3. The van der Waals surface area contributed by atoms with Crippen molar-refractivity contribution in [3.05, 3.63) is 54.2 Å². The van der Waals surface area contributed by atoms with Gasteiger partial charge in [0.15, 0.2) is 0 Å². The van der Waals surface area contributed by atoms with Crippen LogP contribution >= 0.6 is 12.2 Å². The van der Waals surface area contributed by atoms with Gasteiger partial charge in [-0.3, -0.25) is 0 Å². The van der Waals surface area contributed by atoms with Crippen molar-refractivity contribution in [2.75, 3.05) is 11.9 Å². The first kappa shape index (κ1) is 11.5. The van der Waals surface area contributed by atoms with E-state index in [1.807, 2.05) is 54.4 Å². The minimum absolute atomic E-state index is 0.414. The lowest BCUT2D eigenvalue weighted by molar-refractivity contribution is 1.13. The van der Waals surface area contributed by atoms with Crippen LogP contribution in [0, 0.1) is 0 Å². The van der Waals surface area contributed by atoms with Gasteiger partial charge in [0.2, 0.25) is 0 Å². The molecule has 0 bridgehead atoms. The molecule has 3 nitrogen and oxygen atoms in total. The zero-order valence-corrected chi connectivity index (χ0v) is 10.3. The molecule has 0 aliphatic rings. The number of thiocarbonyl (C=S) groups is 1. The fraction of sp³-hybridized carbons (Fsp3) is 0.0769. The maximum absolute atomic E-state index is 5.56. The van der Waals surface area contributed by atoms with Crippen LogP contribution in [0.25, 0.3) is 0 Å². The summed E-state index contributed by atoms with van der Waals surface area (Å²) in [6, 6.07) is 13.6. The van der Waals surface area contributed by atoms with Crippen LogP contribution in [0.15, 0.2) is 48.7 Å². The second-order valence-electron chi connectivity index (χ2n) is 3.66. The van der Waals surface area contributed by atoms with E-state index in [0.29, 0.717) is 4.99 Å². The van der Waals surface area contributed by atoms with Crippen molar-refractivity contribution in [2.24, 2.45) is 5.73 Å². The topological polar surface area (TPSA) is 42.1 Å². The first-order chi connectivity index (χ1) is 8.18. The third-order valence-corrected chi connectivity index (χ3v) is 2.77. The zero-order valence-electron chi connectivity index (χ0n) is 9.50. The van der Waals surface area contributed by atoms with Crippen molar-refractivity contribution in [2.45, 2.75) is 0 Å². The van der Waals surface area contributed by atoms with Gasteiger partial charge in [0.05, 0.1) is 0 Å². The predicted octanol–water partition coefficient (Wildman–Crippen LogP) is 2.48. The van der Waals surface area contributed by atoms with Crippen molar-refractivity contribution in [1.29, 1.82) is 0 Å². The van der Waals surface area contributed by atoms with Gasteiger partial charge >= 0.3 is 0 Å². The number of hydrogen-bond acceptors (Lipinski definition) is 3. The molecular formula is C13H13N3S. The van der Waals surface area contributed by atoms with Crippen molar-refractivity contribution in [1.82, 2.24) is 4.98 Å². The maximum atomic E-state index is 5.56. The van der Waals surface area contributed by atoms with E-state index in [-0.39, 0.29) is 0 Å². The van der Waals surface area contributed by atoms with Gasteiger partial charge in [-0.15, -0.1) is 0 Å². The minimum Gasteiger partial charge on any atom is -0.389 e. The quantitative estimate of drug-likeness (QED) is 0.841. The summed E-state index contributed by atoms with van der Waals surface area (Å²) in [4.78, 5) is 6.71. The average Bonchev–Trinajstić information content (AvgIpc) is 2.39. The van der Waals surface area contributed by atoms with Gasteiger partial charge in [0.1, 0.15) is 10.8 Å². The molecule has 0 unspecified atom stereocenters. The van der Waals surface area contributed by atoms with Crippen LogP contribution in [-0.2, 0) is 0 Å². The number of pyridine rings is 1. The van der Waals surface area contributed by atoms with Crippen LogP contribution in [0.5, 0.6) is 0 Å². The molecule has 0 aliphatic heterocycles. The second-order valence-corrected chi connectivity index (χ2v) is 4.10. The van der Waals surface area contributed by atoms with Crippen LogP contribution < -0.4 is 10.6 Å². The van der Waals surface area contributed by atoms with E-state index in [1.165, 1.54) is 0 Å². The van der Waals surface area contributed by atoms with Crippen LogP contribution in [0.2, 0.25) is 0 Å². The molecule has 1 heterocycles. The molecule has 0 saturated heterocycles. The monoisotopic (exact) mass is 243 g/mol. The maximum Gasteiger partial charge on any atom is 0.132 e. The summed E-state index contributed by atoms with van der Waals surface area (Å²) in [5.41, 5.74) is 7.47. The predicted molar refractivity (Wildman–Crippen MR) is 74.6 cm³/mol. The minimum atomic E-state index is 0.414. The summed E-state index contributed by atoms with van der Waals surface area (Å²) in [6.07, 6.45) is 1.77. The molecular weight excluding hydrogens is 230 g/mol. The summed E-state index contributed by atoms with van der Waals surface area (Å²) >= 11 is 4.92. The molecule has 0 atom stereocenters. The molecule has 0 fully saturated rings. The van der Waals surface area contributed by atoms with Crippen molar-refractivity contribution in [3.63, 3.8) is 0 Å². The van der Waals surface area contributed by atoms with Crippen LogP contribution in [0.4, 0.5) is 11.5 Å². The molecule has 2 aromatic rings. The van der Waals surface area contributed by atoms with E-state index in [9.17, 15) is 0 Å². The molecule has 86 valence electrons. The second kappa shape index (κ2) is 4.93. The third-order valence-electron chi connectivity index (χ3n) is 2.53. The standard InChI is InChI=1S/C13H13N3S/c1-16(12-4-2-3-9-15-12)11-7-5-10(6-8-11)13(14)17/h2-9H,1H3,(H2,14,17). The lowest BCUT2D eigenvalue weighted by atomic mass is 10.2. The first-order valence-electron chi connectivity index (χ1n) is 5.23. The highest BCUT2D eigenvalue weighted by Crippen LogP contribution is 2.21. The summed E-state index contributed by atoms with van der Waals surface area (Å²) in [5.74, 6) is 0.899. The Bertz CT molecular complexity index is 508. The molecule has 0 spiro atoms. The van der Waals surface area contributed by atoms with Crippen LogP contribution in [0.1, 0.15) is 5.56 Å². The molecule has 1 aromatic heterocycles. The Labute approximate surface area is 106 Å². The molecule has 0 amide bonds. The normalized spacial score (nSPS) is 9.94. The summed E-state index contributed by atoms with van der Waals surface area (Å²) in [7, 11) is 1.97. The highest BCUT2D eigenvalue weighted by atomic mass is 32.1. The number of benzene rings is 1. The van der Waals surface area contributed by atoms with E-state index in [4.69, 9.17) is 18.0 Å². The van der Waals surface area contributed by atoms with Gasteiger partial charge in [-0.2, -0.15) is 0 Å². The van der Waals surface area contributed by atoms with Gasteiger partial charge in [-0.1, -0.05) is 18.3 Å². The molecule has 17 heavy (non-hydrogen) atoms. The molecule has 2 rings (SSSR count). The molecule has 0 saturated carbocycles. The van der Waals surface area contributed by atoms with Gasteiger partial charge in [-0.25, -0.2) is 4.98 Å². The van der Waals surface area contributed by atoms with E-state index >= 15 is 0 Å². The lowest BCUT2D eigenvalue weighted by Gasteiger charge is -2.18. The SMILES string of the molecule is CN(c1ccc(C(N)=S)cc1)c1ccccn1. The van der Waals surface area contributed by atoms with E-state index < -0.39 is 0 Å². The van der Waals surface area contributed by atoms with Crippen molar-refractivity contribution in [3.8, 4) is 0 Å². The fourth-order valence-corrected chi connectivity index (χ4v) is 1.67. The Morgan fingerprint density at radius 1 is 1.18 bits per heavy atom. The Balaban J connectivity index is 2.26. The van der Waals surface area contributed by atoms with Crippen LogP contribution in [-0.4, -0.2) is 17.0 Å². The lowest BCUT2D eigenvalue weighted by Crippen LogP contribution is -2.12. The highest BCUT2D eigenvalue weighted by molar-refractivity contribution is 7.80. The van der Waals surface area contributed by atoms with E-state index in [1.54, 1.807) is 6.20 Å². The molecule has 0 aliphatic carbocycles. The zero-order chi connectivity index (χ0) is 12.3. The molecule has 0 radical (unpaired) electrons. The Kier molecular flexibility index (Phi) is 3.35. The van der Waals surface area contributed by atoms with Crippen molar-refractivity contribution >= 4 is 28.7 Å². The summed E-state index contributed by atoms with van der Waals surface area (Å²) < 4.78 is 0. The number of nitrogens with two attached hydrogens (primary N) is 1. The largest absolute Gasteiger partial charge is 0.389 e. The average molecular weight is 243 g/mol. The first-order valence-corrected chi connectivity index (χ1v) is 5.64. The highest BCUT2D eigenvalue weighted by Gasteiger charge is 2.04. The number of nitrogens with zero attached hydrogens (tertiary/aromatic N) is 2. The molecule has 4 heteroatoms. The number of aromatic nitrogens is 1. The third kappa shape index (κ3) is 2.60. The smallest absolute Gasteiger partial charge is 0.132 e. The Morgan fingerprint density at radius 3 is 2.41 bits per heavy atom. The Hall–Kier alpha value is -1.94. The summed E-state index contributed by atoms with van der Waals surface area (Å²) in [5, 5.41) is 0. The van der Waals surface area contributed by atoms with Crippen molar-refractivity contribution < 1.29 is 0 Å². The number of anilines is 2. The summed E-state index contributed by atoms with van der Waals surface area (Å²) in [6.45, 7) is 0. The van der Waals surface area contributed by atoms with E-state index in [2.05, 4.69) is 4.98 Å². The number of hydrogen-bond donors (Lipinski definition) is 1. The van der Waals surface area contributed by atoms with Gasteiger partial charge in [0.25, 0.3) is 0 Å². The van der Waals surface area contributed by atoms with Gasteiger partial charge in [0, 0.05) is 24.5 Å². The van der Waals surface area contributed by atoms with Gasteiger partial charge in [-0.05, 0) is 36.4 Å². The van der Waals surface area contributed by atoms with E-state index in [0.717, 1.165) is 17.1 Å². The molecule has 2 N–H and O–H groups in total.